The van der Waals surface area contributed by atoms with E-state index in [1.54, 1.807) is 13.8 Å². The van der Waals surface area contributed by atoms with Gasteiger partial charge in [-0.25, -0.2) is 9.78 Å². The van der Waals surface area contributed by atoms with Crippen LogP contribution in [-0.4, -0.2) is 81.8 Å². The maximum absolute atomic E-state index is 12.7. The molecule has 5 amide bonds. The van der Waals surface area contributed by atoms with E-state index in [2.05, 4.69) is 31.2 Å². The van der Waals surface area contributed by atoms with Gasteiger partial charge in [0, 0.05) is 19.0 Å². The summed E-state index contributed by atoms with van der Waals surface area (Å²) in [5.41, 5.74) is 11.1. The highest BCUT2D eigenvalue weighted by Crippen LogP contribution is 2.03. The number of carboxylic acid groups (broad SMARTS) is 1. The highest BCUT2D eigenvalue weighted by atomic mass is 16.4. The first kappa shape index (κ1) is 29.0. The van der Waals surface area contributed by atoms with Gasteiger partial charge in [0.25, 0.3) is 0 Å². The Morgan fingerprint density at radius 1 is 1.00 bits per heavy atom. The van der Waals surface area contributed by atoms with Gasteiger partial charge in [0.15, 0.2) is 0 Å². The number of aromatic nitrogens is 2. The molecule has 1 aromatic heterocycles. The minimum atomic E-state index is -1.41. The van der Waals surface area contributed by atoms with E-state index < -0.39 is 66.7 Å². The number of aromatic amines is 1. The number of rotatable bonds is 15. The van der Waals surface area contributed by atoms with E-state index in [0.717, 1.165) is 0 Å². The summed E-state index contributed by atoms with van der Waals surface area (Å²) in [6, 6.07) is -3.43. The average Bonchev–Trinajstić information content (AvgIpc) is 3.30. The van der Waals surface area contributed by atoms with Crippen LogP contribution in [0.2, 0.25) is 0 Å². The summed E-state index contributed by atoms with van der Waals surface area (Å²) in [6.45, 7) is 2.59. The van der Waals surface area contributed by atoms with Gasteiger partial charge < -0.3 is 42.8 Å². The molecule has 3 atom stereocenters. The van der Waals surface area contributed by atoms with Gasteiger partial charge in [-0.3, -0.25) is 24.0 Å². The van der Waals surface area contributed by atoms with Crippen molar-refractivity contribution in [1.29, 1.82) is 0 Å². The maximum atomic E-state index is 12.7. The molecular formula is C20H32N8O7. The predicted octanol–water partition coefficient (Wildman–Crippen LogP) is -3.51. The largest absolute Gasteiger partial charge is 0.480 e. The molecule has 35 heavy (non-hydrogen) atoms. The molecule has 1 aromatic rings. The summed E-state index contributed by atoms with van der Waals surface area (Å²) >= 11 is 0. The molecule has 0 fully saturated rings. The summed E-state index contributed by atoms with van der Waals surface area (Å²) < 4.78 is 0. The Hall–Kier alpha value is -4.01. The van der Waals surface area contributed by atoms with Crippen LogP contribution in [0, 0.1) is 5.92 Å². The number of hydrogen-bond donors (Lipinski definition) is 8. The molecule has 1 rings (SSSR count). The van der Waals surface area contributed by atoms with Crippen molar-refractivity contribution in [3.8, 4) is 0 Å². The number of carbonyl (C=O) groups excluding carboxylic acids is 5. The number of primary amides is 1. The highest BCUT2D eigenvalue weighted by Gasteiger charge is 2.27. The third-order valence-electron chi connectivity index (χ3n) is 4.80. The summed E-state index contributed by atoms with van der Waals surface area (Å²) in [7, 11) is 0. The molecular weight excluding hydrogens is 464 g/mol. The zero-order valence-electron chi connectivity index (χ0n) is 19.5. The number of amides is 5. The molecule has 0 bridgehead atoms. The van der Waals surface area contributed by atoms with E-state index >= 15 is 0 Å². The number of imidazole rings is 1. The Kier molecular flexibility index (Phi) is 11.9. The third-order valence-corrected chi connectivity index (χ3v) is 4.80. The SMILES string of the molecule is CC(C)[C@H](N)C(=O)NCC(=O)NCC(=O)N[C@@H](Cc1c[nH]cn1)C(=O)N[C@@H](CCC(N)=O)C(=O)O. The van der Waals surface area contributed by atoms with E-state index in [4.69, 9.17) is 11.5 Å². The normalized spacial score (nSPS) is 13.3. The summed E-state index contributed by atoms with van der Waals surface area (Å²) in [5.74, 6) is -4.99. The van der Waals surface area contributed by atoms with Crippen LogP contribution in [0.15, 0.2) is 12.5 Å². The van der Waals surface area contributed by atoms with Gasteiger partial charge in [0.2, 0.25) is 29.5 Å². The van der Waals surface area contributed by atoms with Gasteiger partial charge in [0.1, 0.15) is 12.1 Å². The van der Waals surface area contributed by atoms with Gasteiger partial charge >= 0.3 is 5.97 Å². The Labute approximate surface area is 201 Å². The fraction of sp³-hybridized carbons (Fsp3) is 0.550. The molecule has 10 N–H and O–H groups in total. The zero-order valence-corrected chi connectivity index (χ0v) is 19.5. The van der Waals surface area contributed by atoms with Gasteiger partial charge in [0.05, 0.1) is 31.2 Å². The smallest absolute Gasteiger partial charge is 0.326 e. The first-order chi connectivity index (χ1) is 16.4. The number of nitrogens with zero attached hydrogens (tertiary/aromatic N) is 1. The third kappa shape index (κ3) is 11.1. The Bertz CT molecular complexity index is 903. The van der Waals surface area contributed by atoms with Crippen LogP contribution in [-0.2, 0) is 35.2 Å². The molecule has 0 aliphatic rings. The fourth-order valence-corrected chi connectivity index (χ4v) is 2.71. The number of aliphatic carboxylic acids is 1. The van der Waals surface area contributed by atoms with Crippen molar-refractivity contribution in [2.24, 2.45) is 17.4 Å². The first-order valence-corrected chi connectivity index (χ1v) is 10.8. The molecule has 0 saturated carbocycles. The minimum Gasteiger partial charge on any atom is -0.480 e. The van der Waals surface area contributed by atoms with Crippen molar-refractivity contribution in [2.75, 3.05) is 13.1 Å². The van der Waals surface area contributed by atoms with Gasteiger partial charge in [-0.15, -0.1) is 0 Å². The van der Waals surface area contributed by atoms with Crippen LogP contribution < -0.4 is 32.7 Å². The van der Waals surface area contributed by atoms with Crippen LogP contribution in [0.5, 0.6) is 0 Å². The van der Waals surface area contributed by atoms with Gasteiger partial charge in [-0.2, -0.15) is 0 Å². The van der Waals surface area contributed by atoms with Crippen molar-refractivity contribution < 1.29 is 33.9 Å². The highest BCUT2D eigenvalue weighted by molar-refractivity contribution is 5.93. The van der Waals surface area contributed by atoms with E-state index in [-0.39, 0.29) is 25.2 Å². The minimum absolute atomic E-state index is 0.0830. The lowest BCUT2D eigenvalue weighted by atomic mass is 10.1. The zero-order chi connectivity index (χ0) is 26.5. The van der Waals surface area contributed by atoms with Crippen LogP contribution in [0.1, 0.15) is 32.4 Å². The Balaban J connectivity index is 2.69. The van der Waals surface area contributed by atoms with Crippen LogP contribution in [0.25, 0.3) is 0 Å². The van der Waals surface area contributed by atoms with E-state index in [1.807, 2.05) is 0 Å². The molecule has 0 aliphatic heterocycles. The molecule has 0 spiro atoms. The number of carbonyl (C=O) groups is 6. The Morgan fingerprint density at radius 2 is 1.66 bits per heavy atom. The van der Waals surface area contributed by atoms with Crippen molar-refractivity contribution >= 4 is 35.5 Å². The second-order valence-electron chi connectivity index (χ2n) is 8.05. The maximum Gasteiger partial charge on any atom is 0.326 e. The molecule has 0 aromatic carbocycles. The first-order valence-electron chi connectivity index (χ1n) is 10.8. The molecule has 0 radical (unpaired) electrons. The molecule has 194 valence electrons. The number of H-pyrrole nitrogens is 1. The van der Waals surface area contributed by atoms with E-state index in [1.165, 1.54) is 12.5 Å². The van der Waals surface area contributed by atoms with Gasteiger partial charge in [-0.05, 0) is 12.3 Å². The number of nitrogens with two attached hydrogens (primary N) is 2. The topological polar surface area (TPSA) is 251 Å². The predicted molar refractivity (Wildman–Crippen MR) is 121 cm³/mol. The monoisotopic (exact) mass is 496 g/mol. The standard InChI is InChI=1S/C20H32N8O7/c1-10(2)17(22)19(33)25-7-15(30)24-8-16(31)27-13(5-11-6-23-9-26-11)18(32)28-12(20(34)35)3-4-14(21)29/h6,9-10,12-13,17H,3-5,7-8,22H2,1-2H3,(H2,21,29)(H,23,26)(H,24,30)(H,25,33)(H,27,31)(H,28,32)(H,34,35)/t12-,13-,17-/m0/s1. The lowest BCUT2D eigenvalue weighted by molar-refractivity contribution is -0.142. The number of hydrogen-bond acceptors (Lipinski definition) is 8. The second-order valence-corrected chi connectivity index (χ2v) is 8.05. The summed E-state index contributed by atoms with van der Waals surface area (Å²) in [4.78, 5) is 77.8. The molecule has 0 unspecified atom stereocenters. The number of nitrogens with one attached hydrogen (secondary N) is 5. The average molecular weight is 497 g/mol. The molecule has 15 nitrogen and oxygen atoms in total. The lowest BCUT2D eigenvalue weighted by Crippen LogP contribution is -2.54. The van der Waals surface area contributed by atoms with Crippen molar-refractivity contribution in [3.05, 3.63) is 18.2 Å². The van der Waals surface area contributed by atoms with Crippen molar-refractivity contribution in [2.45, 2.75) is 51.2 Å². The van der Waals surface area contributed by atoms with Crippen molar-refractivity contribution in [3.63, 3.8) is 0 Å². The van der Waals surface area contributed by atoms with E-state index in [0.29, 0.717) is 5.69 Å². The quantitative estimate of drug-likeness (QED) is 0.120. The van der Waals surface area contributed by atoms with Crippen LogP contribution >= 0.6 is 0 Å². The van der Waals surface area contributed by atoms with Crippen LogP contribution in [0.3, 0.4) is 0 Å². The molecule has 15 heteroatoms. The second kappa shape index (κ2) is 14.3. The number of carboxylic acids is 1. The molecule has 0 saturated heterocycles. The molecule has 0 aliphatic carbocycles. The van der Waals surface area contributed by atoms with Crippen LogP contribution in [0.4, 0.5) is 0 Å². The lowest BCUT2D eigenvalue weighted by Gasteiger charge is -2.21. The van der Waals surface area contributed by atoms with Crippen molar-refractivity contribution in [1.82, 2.24) is 31.2 Å². The fourth-order valence-electron chi connectivity index (χ4n) is 2.71. The Morgan fingerprint density at radius 3 is 2.20 bits per heavy atom. The van der Waals surface area contributed by atoms with Gasteiger partial charge in [-0.1, -0.05) is 13.8 Å². The summed E-state index contributed by atoms with van der Waals surface area (Å²) in [6.07, 6.45) is 2.26. The molecule has 1 heterocycles. The van der Waals surface area contributed by atoms with E-state index in [9.17, 15) is 33.9 Å². The summed E-state index contributed by atoms with van der Waals surface area (Å²) in [5, 5.41) is 18.6.